The van der Waals surface area contributed by atoms with Crippen LogP contribution in [0.25, 0.3) is 0 Å². The third-order valence-corrected chi connectivity index (χ3v) is 3.72. The second kappa shape index (κ2) is 7.97. The summed E-state index contributed by atoms with van der Waals surface area (Å²) in [5.41, 5.74) is 3.23. The Labute approximate surface area is 147 Å². The van der Waals surface area contributed by atoms with Crippen LogP contribution in [0.2, 0.25) is 0 Å². The number of carbonyl (C=O) groups is 1. The molecule has 3 heteroatoms. The van der Waals surface area contributed by atoms with Gasteiger partial charge in [-0.2, -0.15) is 0 Å². The predicted molar refractivity (Wildman–Crippen MR) is 101 cm³/mol. The van der Waals surface area contributed by atoms with Gasteiger partial charge in [0, 0.05) is 5.69 Å². The van der Waals surface area contributed by atoms with Crippen LogP contribution in [-0.2, 0) is 11.2 Å². The van der Waals surface area contributed by atoms with E-state index in [9.17, 15) is 4.79 Å². The highest BCUT2D eigenvalue weighted by atomic mass is 16.5. The summed E-state index contributed by atoms with van der Waals surface area (Å²) in [6.45, 7) is 3.43. The van der Waals surface area contributed by atoms with Crippen molar-refractivity contribution in [3.63, 3.8) is 0 Å². The maximum Gasteiger partial charge on any atom is 0.247 e. The van der Waals surface area contributed by atoms with Crippen LogP contribution < -0.4 is 10.1 Å². The molecule has 0 aliphatic rings. The summed E-state index contributed by atoms with van der Waals surface area (Å²) in [4.78, 5) is 11.3. The number of hydrogen-bond acceptors (Lipinski definition) is 2. The Kier molecular flexibility index (Phi) is 5.27. The minimum Gasteiger partial charge on any atom is -0.457 e. The highest BCUT2D eigenvalue weighted by molar-refractivity contribution is 5.98. The molecule has 3 nitrogen and oxygen atoms in total. The summed E-state index contributed by atoms with van der Waals surface area (Å²) in [6, 6.07) is 25.7. The van der Waals surface area contributed by atoms with Crippen LogP contribution in [0.5, 0.6) is 11.5 Å². The van der Waals surface area contributed by atoms with E-state index < -0.39 is 0 Å². The van der Waals surface area contributed by atoms with Crippen molar-refractivity contribution in [2.45, 2.75) is 6.42 Å². The highest BCUT2D eigenvalue weighted by Gasteiger charge is 2.01. The summed E-state index contributed by atoms with van der Waals surface area (Å²) < 4.78 is 5.84. The maximum atomic E-state index is 11.3. The van der Waals surface area contributed by atoms with E-state index >= 15 is 0 Å². The van der Waals surface area contributed by atoms with Crippen LogP contribution >= 0.6 is 0 Å². The van der Waals surface area contributed by atoms with Gasteiger partial charge in [-0.15, -0.1) is 0 Å². The third-order valence-electron chi connectivity index (χ3n) is 3.72. The zero-order valence-corrected chi connectivity index (χ0v) is 13.8. The molecule has 1 N–H and O–H groups in total. The van der Waals surface area contributed by atoms with Crippen LogP contribution in [0.4, 0.5) is 5.69 Å². The Bertz CT molecular complexity index is 837. The van der Waals surface area contributed by atoms with Gasteiger partial charge in [-0.25, -0.2) is 0 Å². The van der Waals surface area contributed by atoms with Crippen LogP contribution in [-0.4, -0.2) is 5.91 Å². The van der Waals surface area contributed by atoms with Crippen LogP contribution in [0, 0.1) is 0 Å². The van der Waals surface area contributed by atoms with Gasteiger partial charge >= 0.3 is 0 Å². The second-order valence-corrected chi connectivity index (χ2v) is 5.63. The van der Waals surface area contributed by atoms with E-state index in [1.165, 1.54) is 17.2 Å². The van der Waals surface area contributed by atoms with E-state index in [1.54, 1.807) is 12.1 Å². The summed E-state index contributed by atoms with van der Waals surface area (Å²) in [5, 5.41) is 2.70. The number of hydrogen-bond donors (Lipinski definition) is 1. The molecule has 0 aliphatic heterocycles. The molecule has 0 saturated carbocycles. The quantitative estimate of drug-likeness (QED) is 0.632. The number of ether oxygens (including phenoxy) is 1. The van der Waals surface area contributed by atoms with E-state index in [1.807, 2.05) is 42.5 Å². The third kappa shape index (κ3) is 4.82. The smallest absolute Gasteiger partial charge is 0.247 e. The maximum absolute atomic E-state index is 11.3. The first-order valence-corrected chi connectivity index (χ1v) is 8.07. The fourth-order valence-electron chi connectivity index (χ4n) is 2.44. The lowest BCUT2D eigenvalue weighted by atomic mass is 10.1. The van der Waals surface area contributed by atoms with Crippen molar-refractivity contribution in [2.75, 3.05) is 5.32 Å². The lowest BCUT2D eigenvalue weighted by Gasteiger charge is -2.08. The van der Waals surface area contributed by atoms with Gasteiger partial charge in [0.1, 0.15) is 11.5 Å². The number of rotatable bonds is 6. The molecule has 0 atom stereocenters. The van der Waals surface area contributed by atoms with Crippen molar-refractivity contribution in [3.8, 4) is 11.5 Å². The normalized spacial score (nSPS) is 10.1. The predicted octanol–water partition coefficient (Wildman–Crippen LogP) is 5.19. The van der Waals surface area contributed by atoms with Gasteiger partial charge in [0.25, 0.3) is 0 Å². The molecule has 0 fully saturated rings. The summed E-state index contributed by atoms with van der Waals surface area (Å²) in [7, 11) is 0. The Morgan fingerprint density at radius 1 is 0.840 bits per heavy atom. The van der Waals surface area contributed by atoms with Gasteiger partial charge in [0.15, 0.2) is 0 Å². The molecule has 1 amide bonds. The SMILES string of the molecule is C=CC(=O)Nc1ccc(Oc2ccc(Cc3ccccc3)cc2)cc1. The molecule has 124 valence electrons. The monoisotopic (exact) mass is 329 g/mol. The summed E-state index contributed by atoms with van der Waals surface area (Å²) in [5.74, 6) is 1.26. The van der Waals surface area contributed by atoms with Gasteiger partial charge in [0.05, 0.1) is 0 Å². The molecule has 0 bridgehead atoms. The topological polar surface area (TPSA) is 38.3 Å². The fourth-order valence-corrected chi connectivity index (χ4v) is 2.44. The Morgan fingerprint density at radius 3 is 2.00 bits per heavy atom. The van der Waals surface area contributed by atoms with Crippen molar-refractivity contribution < 1.29 is 9.53 Å². The highest BCUT2D eigenvalue weighted by Crippen LogP contribution is 2.24. The summed E-state index contributed by atoms with van der Waals surface area (Å²) >= 11 is 0. The Morgan fingerprint density at radius 2 is 1.40 bits per heavy atom. The standard InChI is InChI=1S/C22H19NO2/c1-2-22(24)23-19-10-14-21(15-11-19)25-20-12-8-18(9-13-20)16-17-6-4-3-5-7-17/h2-15H,1,16H2,(H,23,24). The molecule has 0 aromatic heterocycles. The molecule has 0 heterocycles. The Hall–Kier alpha value is -3.33. The number of benzene rings is 3. The van der Waals surface area contributed by atoms with Gasteiger partial charge in [-0.3, -0.25) is 4.79 Å². The van der Waals surface area contributed by atoms with E-state index in [4.69, 9.17) is 4.74 Å². The largest absolute Gasteiger partial charge is 0.457 e. The lowest BCUT2D eigenvalue weighted by molar-refractivity contribution is -0.111. The van der Waals surface area contributed by atoms with E-state index in [0.29, 0.717) is 11.4 Å². The van der Waals surface area contributed by atoms with E-state index in [-0.39, 0.29) is 5.91 Å². The molecular weight excluding hydrogens is 310 g/mol. The average Bonchev–Trinajstić information content (AvgIpc) is 2.66. The number of anilines is 1. The van der Waals surface area contributed by atoms with Gasteiger partial charge in [-0.05, 0) is 60.0 Å². The van der Waals surface area contributed by atoms with E-state index in [2.05, 4.69) is 36.2 Å². The minimum absolute atomic E-state index is 0.234. The average molecular weight is 329 g/mol. The molecule has 0 radical (unpaired) electrons. The molecule has 0 aliphatic carbocycles. The van der Waals surface area contributed by atoms with Crippen molar-refractivity contribution in [1.82, 2.24) is 0 Å². The number of nitrogens with one attached hydrogen (secondary N) is 1. The Balaban J connectivity index is 1.61. The molecule has 3 aromatic rings. The van der Waals surface area contributed by atoms with Crippen molar-refractivity contribution in [1.29, 1.82) is 0 Å². The van der Waals surface area contributed by atoms with Gasteiger partial charge in [0.2, 0.25) is 5.91 Å². The molecule has 0 unspecified atom stereocenters. The number of amides is 1. The van der Waals surface area contributed by atoms with Crippen LogP contribution in [0.3, 0.4) is 0 Å². The molecular formula is C22H19NO2. The first-order valence-electron chi connectivity index (χ1n) is 8.07. The molecule has 3 rings (SSSR count). The molecule has 25 heavy (non-hydrogen) atoms. The first-order chi connectivity index (χ1) is 12.2. The van der Waals surface area contributed by atoms with Crippen molar-refractivity contribution >= 4 is 11.6 Å². The minimum atomic E-state index is -0.234. The number of carbonyl (C=O) groups excluding carboxylic acids is 1. The van der Waals surface area contributed by atoms with Crippen LogP contribution in [0.15, 0.2) is 91.5 Å². The molecule has 0 spiro atoms. The fraction of sp³-hybridized carbons (Fsp3) is 0.0455. The zero-order chi connectivity index (χ0) is 17.5. The summed E-state index contributed by atoms with van der Waals surface area (Å²) in [6.07, 6.45) is 2.14. The molecule has 0 saturated heterocycles. The van der Waals surface area contributed by atoms with Crippen LogP contribution in [0.1, 0.15) is 11.1 Å². The zero-order valence-electron chi connectivity index (χ0n) is 13.8. The van der Waals surface area contributed by atoms with Gasteiger partial charge in [-0.1, -0.05) is 49.0 Å². The lowest BCUT2D eigenvalue weighted by Crippen LogP contribution is -2.06. The molecule has 3 aromatic carbocycles. The van der Waals surface area contributed by atoms with E-state index in [0.717, 1.165) is 12.2 Å². The van der Waals surface area contributed by atoms with Crippen molar-refractivity contribution in [2.24, 2.45) is 0 Å². The second-order valence-electron chi connectivity index (χ2n) is 5.63. The van der Waals surface area contributed by atoms with Gasteiger partial charge < -0.3 is 10.1 Å². The van der Waals surface area contributed by atoms with Crippen molar-refractivity contribution in [3.05, 3.63) is 103 Å². The first kappa shape index (κ1) is 16.5.